The average Bonchev–Trinajstić information content (AvgIpc) is 2.85. The number of rotatable bonds is 6. The van der Waals surface area contributed by atoms with Crippen LogP contribution in [0.1, 0.15) is 24.5 Å². The van der Waals surface area contributed by atoms with E-state index in [1.54, 1.807) is 12.1 Å². The average molecular weight is 273 g/mol. The van der Waals surface area contributed by atoms with Crippen molar-refractivity contribution < 1.29 is 4.92 Å². The van der Waals surface area contributed by atoms with Gasteiger partial charge in [-0.1, -0.05) is 13.0 Å². The Kier molecular flexibility index (Phi) is 4.40. The molecule has 0 atom stereocenters. The highest BCUT2D eigenvalue weighted by Crippen LogP contribution is 2.25. The van der Waals surface area contributed by atoms with Crippen LogP contribution in [0.25, 0.3) is 0 Å². The molecule has 2 rings (SSSR count). The van der Waals surface area contributed by atoms with Crippen molar-refractivity contribution in [2.45, 2.75) is 33.4 Å². The quantitative estimate of drug-likeness (QED) is 0.644. The molecule has 0 aliphatic rings. The zero-order chi connectivity index (χ0) is 14.5. The fraction of sp³-hybridized carbons (Fsp3) is 0.333. The van der Waals surface area contributed by atoms with Gasteiger partial charge in [-0.2, -0.15) is 0 Å². The van der Waals surface area contributed by atoms with E-state index in [1.165, 1.54) is 0 Å². The van der Waals surface area contributed by atoms with Gasteiger partial charge in [-0.05, 0) is 36.6 Å². The van der Waals surface area contributed by atoms with Crippen LogP contribution in [0, 0.1) is 17.0 Å². The van der Waals surface area contributed by atoms with Gasteiger partial charge < -0.3 is 9.88 Å². The van der Waals surface area contributed by atoms with E-state index in [1.807, 2.05) is 25.3 Å². The van der Waals surface area contributed by atoms with Gasteiger partial charge in [-0.25, -0.2) is 0 Å². The first-order valence-corrected chi connectivity index (χ1v) is 6.73. The maximum absolute atomic E-state index is 11.0. The van der Waals surface area contributed by atoms with E-state index in [0.29, 0.717) is 12.2 Å². The van der Waals surface area contributed by atoms with Crippen LogP contribution in [0.5, 0.6) is 0 Å². The lowest BCUT2D eigenvalue weighted by atomic mass is 10.2. The fourth-order valence-electron chi connectivity index (χ4n) is 2.13. The summed E-state index contributed by atoms with van der Waals surface area (Å²) < 4.78 is 2.13. The number of anilines is 1. The predicted molar refractivity (Wildman–Crippen MR) is 79.9 cm³/mol. The number of aromatic nitrogens is 1. The minimum atomic E-state index is -0.350. The van der Waals surface area contributed by atoms with Crippen molar-refractivity contribution in [2.75, 3.05) is 5.32 Å². The lowest BCUT2D eigenvalue weighted by Crippen LogP contribution is -2.02. The third-order valence-electron chi connectivity index (χ3n) is 3.13. The molecule has 20 heavy (non-hydrogen) atoms. The maximum Gasteiger partial charge on any atom is 0.292 e. The highest BCUT2D eigenvalue weighted by Gasteiger charge is 2.13. The zero-order valence-corrected chi connectivity index (χ0v) is 11.8. The van der Waals surface area contributed by atoms with Crippen LogP contribution in [-0.4, -0.2) is 9.49 Å². The number of aryl methyl sites for hydroxylation is 2. The Labute approximate surface area is 118 Å². The molecule has 1 aromatic heterocycles. The van der Waals surface area contributed by atoms with Gasteiger partial charge in [0.1, 0.15) is 5.69 Å². The van der Waals surface area contributed by atoms with E-state index in [-0.39, 0.29) is 10.6 Å². The van der Waals surface area contributed by atoms with Crippen LogP contribution in [0.15, 0.2) is 36.7 Å². The molecule has 0 radical (unpaired) electrons. The highest BCUT2D eigenvalue weighted by molar-refractivity contribution is 5.62. The second-order valence-electron chi connectivity index (χ2n) is 4.89. The fourth-order valence-corrected chi connectivity index (χ4v) is 2.13. The summed E-state index contributed by atoms with van der Waals surface area (Å²) in [5, 5.41) is 14.2. The Bertz CT molecular complexity index is 605. The Morgan fingerprint density at radius 2 is 2.15 bits per heavy atom. The van der Waals surface area contributed by atoms with Crippen LogP contribution in [0.4, 0.5) is 11.4 Å². The van der Waals surface area contributed by atoms with Gasteiger partial charge in [0.05, 0.1) is 4.92 Å². The van der Waals surface area contributed by atoms with E-state index < -0.39 is 0 Å². The Balaban J connectivity index is 2.08. The third kappa shape index (κ3) is 3.38. The van der Waals surface area contributed by atoms with Crippen molar-refractivity contribution in [3.63, 3.8) is 0 Å². The molecule has 5 nitrogen and oxygen atoms in total. The standard InChI is InChI=1S/C15H19N3O2/c1-3-7-17-8-6-13(11-17)10-16-14-5-4-12(2)9-15(14)18(19)20/h4-6,8-9,11,16H,3,7,10H2,1-2H3. The molecule has 0 saturated carbocycles. The first kappa shape index (κ1) is 14.1. The number of benzene rings is 1. The van der Waals surface area contributed by atoms with Crippen LogP contribution >= 0.6 is 0 Å². The normalized spacial score (nSPS) is 10.5. The van der Waals surface area contributed by atoms with Crippen molar-refractivity contribution in [2.24, 2.45) is 0 Å². The summed E-state index contributed by atoms with van der Waals surface area (Å²) in [6.07, 6.45) is 5.19. The van der Waals surface area contributed by atoms with E-state index in [2.05, 4.69) is 23.0 Å². The van der Waals surface area contributed by atoms with Crippen molar-refractivity contribution in [3.05, 3.63) is 57.9 Å². The summed E-state index contributed by atoms with van der Waals surface area (Å²) in [6, 6.07) is 7.25. The molecule has 0 fully saturated rings. The van der Waals surface area contributed by atoms with Gasteiger partial charge in [0.25, 0.3) is 5.69 Å². The SMILES string of the molecule is CCCn1ccc(CNc2ccc(C)cc2[N+](=O)[O-])c1. The molecular weight excluding hydrogens is 254 g/mol. The van der Waals surface area contributed by atoms with Crippen LogP contribution in [0.3, 0.4) is 0 Å². The maximum atomic E-state index is 11.0. The zero-order valence-electron chi connectivity index (χ0n) is 11.8. The summed E-state index contributed by atoms with van der Waals surface area (Å²) in [6.45, 7) is 5.56. The Morgan fingerprint density at radius 1 is 1.35 bits per heavy atom. The molecule has 0 amide bonds. The first-order valence-electron chi connectivity index (χ1n) is 6.73. The van der Waals surface area contributed by atoms with Gasteiger partial charge in [0.15, 0.2) is 0 Å². The smallest absolute Gasteiger partial charge is 0.292 e. The molecule has 106 valence electrons. The first-order chi connectivity index (χ1) is 9.60. The van der Waals surface area contributed by atoms with Crippen LogP contribution < -0.4 is 5.32 Å². The molecule has 1 aromatic carbocycles. The van der Waals surface area contributed by atoms with Gasteiger partial charge >= 0.3 is 0 Å². The Hall–Kier alpha value is -2.30. The van der Waals surface area contributed by atoms with E-state index in [4.69, 9.17) is 0 Å². The predicted octanol–water partition coefficient (Wildman–Crippen LogP) is 3.73. The molecule has 0 saturated heterocycles. The summed E-state index contributed by atoms with van der Waals surface area (Å²) in [5.74, 6) is 0. The van der Waals surface area contributed by atoms with Gasteiger partial charge in [0.2, 0.25) is 0 Å². The van der Waals surface area contributed by atoms with Crippen LogP contribution in [-0.2, 0) is 13.1 Å². The lowest BCUT2D eigenvalue weighted by Gasteiger charge is -2.06. The van der Waals surface area contributed by atoms with E-state index in [9.17, 15) is 10.1 Å². The summed E-state index contributed by atoms with van der Waals surface area (Å²) in [5.41, 5.74) is 2.69. The van der Waals surface area contributed by atoms with Crippen molar-refractivity contribution in [1.29, 1.82) is 0 Å². The number of hydrogen-bond donors (Lipinski definition) is 1. The molecule has 0 spiro atoms. The van der Waals surface area contributed by atoms with Gasteiger partial charge in [-0.15, -0.1) is 0 Å². The number of nitro benzene ring substituents is 1. The number of hydrogen-bond acceptors (Lipinski definition) is 3. The van der Waals surface area contributed by atoms with Crippen LogP contribution in [0.2, 0.25) is 0 Å². The van der Waals surface area contributed by atoms with Crippen molar-refractivity contribution in [1.82, 2.24) is 4.57 Å². The molecule has 0 bridgehead atoms. The second-order valence-corrected chi connectivity index (χ2v) is 4.89. The summed E-state index contributed by atoms with van der Waals surface area (Å²) in [7, 11) is 0. The lowest BCUT2D eigenvalue weighted by molar-refractivity contribution is -0.384. The summed E-state index contributed by atoms with van der Waals surface area (Å²) >= 11 is 0. The molecule has 0 aliphatic carbocycles. The molecule has 5 heteroatoms. The van der Waals surface area contributed by atoms with Crippen molar-refractivity contribution >= 4 is 11.4 Å². The molecular formula is C15H19N3O2. The monoisotopic (exact) mass is 273 g/mol. The van der Waals surface area contributed by atoms with Crippen molar-refractivity contribution in [3.8, 4) is 0 Å². The van der Waals surface area contributed by atoms with Gasteiger partial charge in [0, 0.05) is 31.5 Å². The molecule has 0 unspecified atom stereocenters. The Morgan fingerprint density at radius 3 is 2.85 bits per heavy atom. The van der Waals surface area contributed by atoms with E-state index >= 15 is 0 Å². The highest BCUT2D eigenvalue weighted by atomic mass is 16.6. The molecule has 1 heterocycles. The number of nitrogens with one attached hydrogen (secondary N) is 1. The molecule has 0 aliphatic heterocycles. The van der Waals surface area contributed by atoms with E-state index in [0.717, 1.165) is 24.1 Å². The third-order valence-corrected chi connectivity index (χ3v) is 3.13. The largest absolute Gasteiger partial charge is 0.375 e. The summed E-state index contributed by atoms with van der Waals surface area (Å²) in [4.78, 5) is 10.7. The minimum Gasteiger partial charge on any atom is -0.375 e. The number of nitro groups is 1. The number of nitrogens with zero attached hydrogens (tertiary/aromatic N) is 2. The molecule has 2 aromatic rings. The minimum absolute atomic E-state index is 0.123. The second kappa shape index (κ2) is 6.23. The van der Waals surface area contributed by atoms with Gasteiger partial charge in [-0.3, -0.25) is 10.1 Å². The molecule has 1 N–H and O–H groups in total. The topological polar surface area (TPSA) is 60.1 Å².